The summed E-state index contributed by atoms with van der Waals surface area (Å²) >= 11 is 13.9. The van der Waals surface area contributed by atoms with Gasteiger partial charge in [-0.2, -0.15) is 0 Å². The van der Waals surface area contributed by atoms with Crippen molar-refractivity contribution in [3.8, 4) is 50.7 Å². The monoisotopic (exact) mass is 1030 g/mol. The first kappa shape index (κ1) is 50.0. The number of carbonyl (C=O) groups is 5. The first-order valence-electron chi connectivity index (χ1n) is 23.0. The highest BCUT2D eigenvalue weighted by atomic mass is 35.5. The number of halogens is 2. The van der Waals surface area contributed by atoms with Crippen molar-refractivity contribution in [2.24, 2.45) is 4.99 Å². The van der Waals surface area contributed by atoms with Crippen molar-refractivity contribution in [2.75, 3.05) is 18.4 Å². The third kappa shape index (κ3) is 9.35. The molecule has 0 spiro atoms. The molecule has 0 bridgehead atoms. The number of hydrogen-bond acceptors (Lipinski definition) is 11. The molecule has 5 aromatic carbocycles. The summed E-state index contributed by atoms with van der Waals surface area (Å²) in [5, 5.41) is 50.8. The van der Waals surface area contributed by atoms with Crippen LogP contribution >= 0.6 is 23.2 Å². The van der Waals surface area contributed by atoms with Crippen LogP contribution in [0.3, 0.4) is 0 Å². The summed E-state index contributed by atoms with van der Waals surface area (Å²) in [4.78, 5) is 82.8. The molecule has 372 valence electrons. The van der Waals surface area contributed by atoms with Gasteiger partial charge in [0.1, 0.15) is 28.4 Å². The molecular weight excluding hydrogens is 992 g/mol. The molecule has 0 unspecified atom stereocenters. The number of hydrogen-bond donors (Lipinski definition) is 7. The fourth-order valence-corrected chi connectivity index (χ4v) is 9.64. The molecule has 0 fully saturated rings. The number of amides is 2. The number of carbonyl (C=O) groups excluding carboxylic acids is 2. The predicted molar refractivity (Wildman–Crippen MR) is 279 cm³/mol. The van der Waals surface area contributed by atoms with Crippen molar-refractivity contribution in [3.63, 3.8) is 0 Å². The Bertz CT molecular complexity index is 3900. The minimum absolute atomic E-state index is 0.00511. The van der Waals surface area contributed by atoms with E-state index in [1.165, 1.54) is 60.7 Å². The summed E-state index contributed by atoms with van der Waals surface area (Å²) in [6.45, 7) is 6.51. The molecule has 16 nitrogen and oxygen atoms in total. The maximum atomic E-state index is 13.8. The standard InChI is InChI=1S/C56H42Cl2N4O12/c1-4-59-30-11-14-34-43(20-30)73-45-23-41(60-5-2)26(3)18-37(45)47(34)48-40(57)22-38(50(58)49(48)56(71)72)53(66)61-24-27-6-8-28(9-7-27)52(65)62-25-39-42(64)17-16-35-46(33-15-12-31(63)21-44(33)74-51(35)39)32-13-10-29(54(67)68)19-36(32)55(69)70/h6-23,59,63H,4-5,24-25H2,1-3H3,(H,61,66)(H,62,65)(H,67,68)(H,69,70)(H,71,72). The van der Waals surface area contributed by atoms with Gasteiger partial charge in [0.2, 0.25) is 0 Å². The second-order valence-electron chi connectivity index (χ2n) is 17.1. The van der Waals surface area contributed by atoms with Gasteiger partial charge < -0.3 is 45.2 Å². The summed E-state index contributed by atoms with van der Waals surface area (Å²) < 4.78 is 12.6. The normalized spacial score (nSPS) is 11.6. The molecule has 5 aromatic rings. The third-order valence-electron chi connectivity index (χ3n) is 12.5. The highest BCUT2D eigenvalue weighted by Gasteiger charge is 2.31. The summed E-state index contributed by atoms with van der Waals surface area (Å²) in [6, 6.07) is 27.1. The molecule has 0 aromatic heterocycles. The van der Waals surface area contributed by atoms with E-state index in [1.807, 2.05) is 39.0 Å². The smallest absolute Gasteiger partial charge is 0.337 e. The van der Waals surface area contributed by atoms with Crippen LogP contribution in [0.25, 0.3) is 66.8 Å². The minimum Gasteiger partial charge on any atom is -0.508 e. The molecule has 2 heterocycles. The number of carboxylic acid groups (broad SMARTS) is 3. The fraction of sp³-hybridized carbons (Fsp3) is 0.125. The van der Waals surface area contributed by atoms with Crippen molar-refractivity contribution < 1.29 is 53.2 Å². The summed E-state index contributed by atoms with van der Waals surface area (Å²) in [5.74, 6) is -5.24. The quantitative estimate of drug-likeness (QED) is 0.0501. The van der Waals surface area contributed by atoms with Gasteiger partial charge in [-0.3, -0.25) is 19.4 Å². The number of aromatic carboxylic acids is 3. The Morgan fingerprint density at radius 1 is 0.635 bits per heavy atom. The molecule has 7 N–H and O–H groups in total. The Hall–Kier alpha value is -8.99. The summed E-state index contributed by atoms with van der Waals surface area (Å²) in [6.07, 6.45) is 0. The van der Waals surface area contributed by atoms with Gasteiger partial charge in [-0.05, 0) is 110 Å². The molecule has 0 saturated carbocycles. The Morgan fingerprint density at radius 2 is 1.32 bits per heavy atom. The molecule has 2 aliphatic heterocycles. The minimum atomic E-state index is -1.42. The molecule has 9 rings (SSSR count). The van der Waals surface area contributed by atoms with Crippen molar-refractivity contribution in [1.29, 1.82) is 0 Å². The van der Waals surface area contributed by atoms with Crippen LogP contribution in [-0.2, 0) is 13.1 Å². The van der Waals surface area contributed by atoms with Crippen LogP contribution in [0.15, 0.2) is 128 Å². The Morgan fingerprint density at radius 3 is 2.03 bits per heavy atom. The molecule has 18 heteroatoms. The zero-order valence-electron chi connectivity index (χ0n) is 39.5. The van der Waals surface area contributed by atoms with Crippen LogP contribution in [0.2, 0.25) is 10.0 Å². The van der Waals surface area contributed by atoms with Crippen LogP contribution in [-0.4, -0.2) is 63.2 Å². The lowest BCUT2D eigenvalue weighted by Crippen LogP contribution is -2.27. The molecule has 0 atom stereocenters. The number of benzene rings is 7. The lowest BCUT2D eigenvalue weighted by molar-refractivity contribution is 0.0682. The zero-order valence-corrected chi connectivity index (χ0v) is 41.0. The number of nitrogens with zero attached hydrogens (tertiary/aromatic N) is 1. The molecule has 0 radical (unpaired) electrons. The van der Waals surface area contributed by atoms with Crippen molar-refractivity contribution in [3.05, 3.63) is 179 Å². The number of aromatic hydroxyl groups is 1. The SMILES string of the molecule is CCN=c1cc2oc3cc(NCC)ccc3c(-c3c(Cl)cc(C(=O)NCc4ccc(C(=O)NCc5c6oc7cc(O)ccc7c(-c7ccc(C(=O)O)cc7C(=O)O)c-6ccc5=O)cc4)c(Cl)c3C(=O)O)c-2cc1C. The van der Waals surface area contributed by atoms with E-state index in [4.69, 9.17) is 32.0 Å². The van der Waals surface area contributed by atoms with Gasteiger partial charge >= 0.3 is 17.9 Å². The maximum absolute atomic E-state index is 13.8. The number of phenols is 1. The van der Waals surface area contributed by atoms with E-state index in [-0.39, 0.29) is 90.3 Å². The van der Waals surface area contributed by atoms with E-state index in [0.29, 0.717) is 57.3 Å². The number of nitrogens with one attached hydrogen (secondary N) is 3. The molecule has 2 amide bonds. The van der Waals surface area contributed by atoms with Gasteiger partial charge in [0.05, 0.1) is 49.8 Å². The summed E-state index contributed by atoms with van der Waals surface area (Å²) in [7, 11) is 0. The average Bonchev–Trinajstić information content (AvgIpc) is 3.37. The van der Waals surface area contributed by atoms with Crippen LogP contribution in [0.5, 0.6) is 5.75 Å². The number of rotatable bonds is 14. The van der Waals surface area contributed by atoms with Gasteiger partial charge in [0.15, 0.2) is 5.43 Å². The number of carboxylic acids is 3. The van der Waals surface area contributed by atoms with E-state index < -0.39 is 40.7 Å². The lowest BCUT2D eigenvalue weighted by Gasteiger charge is -2.21. The Kier molecular flexibility index (Phi) is 13.7. The van der Waals surface area contributed by atoms with Gasteiger partial charge in [-0.15, -0.1) is 0 Å². The topological polar surface area (TPSA) is 258 Å². The van der Waals surface area contributed by atoms with Crippen LogP contribution in [0.1, 0.15) is 82.3 Å². The lowest BCUT2D eigenvalue weighted by atomic mass is 9.88. The van der Waals surface area contributed by atoms with E-state index in [0.717, 1.165) is 17.3 Å². The highest BCUT2D eigenvalue weighted by Crippen LogP contribution is 2.48. The van der Waals surface area contributed by atoms with Crippen LogP contribution in [0, 0.1) is 6.92 Å². The largest absolute Gasteiger partial charge is 0.508 e. The van der Waals surface area contributed by atoms with Crippen molar-refractivity contribution in [1.82, 2.24) is 10.6 Å². The van der Waals surface area contributed by atoms with Gasteiger partial charge in [-0.1, -0.05) is 41.4 Å². The zero-order chi connectivity index (χ0) is 52.7. The molecule has 4 aliphatic rings. The van der Waals surface area contributed by atoms with E-state index >= 15 is 0 Å². The molecule has 2 aliphatic carbocycles. The van der Waals surface area contributed by atoms with Gasteiger partial charge in [0, 0.05) is 87.7 Å². The van der Waals surface area contributed by atoms with Gasteiger partial charge in [-0.25, -0.2) is 14.4 Å². The van der Waals surface area contributed by atoms with Crippen LogP contribution < -0.4 is 26.7 Å². The van der Waals surface area contributed by atoms with E-state index in [1.54, 1.807) is 24.3 Å². The van der Waals surface area contributed by atoms with E-state index in [9.17, 15) is 49.2 Å². The van der Waals surface area contributed by atoms with E-state index in [2.05, 4.69) is 20.9 Å². The Labute approximate surface area is 429 Å². The third-order valence-corrected chi connectivity index (χ3v) is 13.2. The molecule has 0 saturated heterocycles. The number of phenolic OH excluding ortho intramolecular Hbond substituents is 1. The second kappa shape index (κ2) is 20.3. The maximum Gasteiger partial charge on any atom is 0.337 e. The average molecular weight is 1030 g/mol. The van der Waals surface area contributed by atoms with Gasteiger partial charge in [0.25, 0.3) is 11.8 Å². The molecular formula is C56H42Cl2N4O12. The first-order chi connectivity index (χ1) is 35.5. The number of anilines is 1. The Balaban J connectivity index is 0.968. The number of aryl methyl sites for hydroxylation is 1. The first-order valence-corrected chi connectivity index (χ1v) is 23.7. The molecule has 74 heavy (non-hydrogen) atoms. The highest BCUT2D eigenvalue weighted by molar-refractivity contribution is 6.41. The fourth-order valence-electron chi connectivity index (χ4n) is 9.03. The van der Waals surface area contributed by atoms with Crippen LogP contribution in [0.4, 0.5) is 5.69 Å². The number of fused-ring (bicyclic) bond motifs is 4. The summed E-state index contributed by atoms with van der Waals surface area (Å²) in [5.41, 5.74) is 2.94. The van der Waals surface area contributed by atoms with Crippen molar-refractivity contribution >= 4 is 80.6 Å². The predicted octanol–water partition coefficient (Wildman–Crippen LogP) is 10.7. The second-order valence-corrected chi connectivity index (χ2v) is 17.9. The van der Waals surface area contributed by atoms with Crippen molar-refractivity contribution in [2.45, 2.75) is 33.9 Å².